The average Bonchev–Trinajstić information content (AvgIpc) is 2.43. The van der Waals surface area contributed by atoms with E-state index in [0.717, 1.165) is 23.2 Å². The first-order valence-corrected chi connectivity index (χ1v) is 5.95. The van der Waals surface area contributed by atoms with Crippen LogP contribution in [0.15, 0.2) is 0 Å². The van der Waals surface area contributed by atoms with Gasteiger partial charge in [0.05, 0.1) is 0 Å². The van der Waals surface area contributed by atoms with Crippen LogP contribution in [-0.4, -0.2) is 12.6 Å². The van der Waals surface area contributed by atoms with E-state index in [1.807, 2.05) is 0 Å². The van der Waals surface area contributed by atoms with Crippen molar-refractivity contribution in [2.24, 2.45) is 23.2 Å². The van der Waals surface area contributed by atoms with Gasteiger partial charge in [0, 0.05) is 5.54 Å². The van der Waals surface area contributed by atoms with Crippen molar-refractivity contribution in [2.75, 3.05) is 7.05 Å². The van der Waals surface area contributed by atoms with Crippen LogP contribution in [-0.2, 0) is 0 Å². The van der Waals surface area contributed by atoms with Gasteiger partial charge in [-0.3, -0.25) is 0 Å². The summed E-state index contributed by atoms with van der Waals surface area (Å²) < 4.78 is 0. The lowest BCUT2D eigenvalue weighted by Crippen LogP contribution is -2.45. The number of nitrogens with one attached hydrogen (secondary N) is 1. The Bertz CT molecular complexity index is 270. The van der Waals surface area contributed by atoms with E-state index in [2.05, 4.69) is 12.4 Å². The molecule has 0 amide bonds. The van der Waals surface area contributed by atoms with Gasteiger partial charge in [0.1, 0.15) is 0 Å². The normalized spacial score (nSPS) is 66.7. The molecule has 0 saturated heterocycles. The van der Waals surface area contributed by atoms with E-state index in [4.69, 9.17) is 0 Å². The maximum atomic E-state index is 3.66. The molecule has 1 heteroatoms. The van der Waals surface area contributed by atoms with Crippen LogP contribution in [0.2, 0.25) is 0 Å². The van der Waals surface area contributed by atoms with Crippen LogP contribution in [0.1, 0.15) is 38.5 Å². The molecule has 72 valence electrons. The SMILES string of the molecule is CNC12CC3CC4CC(C1)C4(C3)C2. The highest BCUT2D eigenvalue weighted by molar-refractivity contribution is 5.22. The van der Waals surface area contributed by atoms with Gasteiger partial charge in [0.25, 0.3) is 0 Å². The van der Waals surface area contributed by atoms with Crippen molar-refractivity contribution in [1.29, 1.82) is 0 Å². The lowest BCUT2D eigenvalue weighted by molar-refractivity contribution is -0.000605. The van der Waals surface area contributed by atoms with E-state index in [-0.39, 0.29) is 0 Å². The zero-order valence-electron chi connectivity index (χ0n) is 8.47. The first-order valence-electron chi connectivity index (χ1n) is 5.95. The van der Waals surface area contributed by atoms with Gasteiger partial charge in [0.15, 0.2) is 0 Å². The first kappa shape index (κ1) is 7.28. The molecular formula is C12H19N. The minimum atomic E-state index is 0.596. The highest BCUT2D eigenvalue weighted by Gasteiger charge is 2.70. The predicted molar refractivity (Wildman–Crippen MR) is 52.4 cm³/mol. The van der Waals surface area contributed by atoms with Gasteiger partial charge in [-0.1, -0.05) is 0 Å². The minimum absolute atomic E-state index is 0.596. The van der Waals surface area contributed by atoms with E-state index >= 15 is 0 Å². The second-order valence-electron chi connectivity index (χ2n) is 6.28. The molecule has 0 aliphatic heterocycles. The molecule has 5 atom stereocenters. The summed E-state index contributed by atoms with van der Waals surface area (Å²) in [5, 5.41) is 3.66. The highest BCUT2D eigenvalue weighted by atomic mass is 15.0. The zero-order chi connectivity index (χ0) is 8.68. The molecule has 0 heterocycles. The fourth-order valence-electron chi connectivity index (χ4n) is 5.65. The summed E-state index contributed by atoms with van der Waals surface area (Å²) in [6.45, 7) is 0. The zero-order valence-corrected chi connectivity index (χ0v) is 8.47. The van der Waals surface area contributed by atoms with E-state index in [9.17, 15) is 0 Å². The molecule has 4 aliphatic rings. The van der Waals surface area contributed by atoms with Gasteiger partial charge in [-0.15, -0.1) is 0 Å². The predicted octanol–water partition coefficient (Wildman–Crippen LogP) is 2.17. The van der Waals surface area contributed by atoms with Gasteiger partial charge in [-0.25, -0.2) is 0 Å². The van der Waals surface area contributed by atoms with Crippen molar-refractivity contribution in [3.05, 3.63) is 0 Å². The van der Waals surface area contributed by atoms with Crippen LogP contribution in [0, 0.1) is 23.2 Å². The molecule has 0 aromatic heterocycles. The smallest absolute Gasteiger partial charge is 0.0189 e. The van der Waals surface area contributed by atoms with E-state index < -0.39 is 0 Å². The Balaban J connectivity index is 1.83. The maximum Gasteiger partial charge on any atom is 0.0189 e. The van der Waals surface area contributed by atoms with Crippen molar-refractivity contribution in [1.82, 2.24) is 5.32 Å². The Hall–Kier alpha value is -0.0400. The molecule has 4 fully saturated rings. The summed E-state index contributed by atoms with van der Waals surface area (Å²) in [4.78, 5) is 0. The summed E-state index contributed by atoms with van der Waals surface area (Å²) in [5.74, 6) is 3.37. The number of hydrogen-bond acceptors (Lipinski definition) is 1. The van der Waals surface area contributed by atoms with Crippen molar-refractivity contribution < 1.29 is 0 Å². The molecule has 1 N–H and O–H groups in total. The molecule has 4 rings (SSSR count). The van der Waals surface area contributed by atoms with Crippen molar-refractivity contribution >= 4 is 0 Å². The molecule has 1 spiro atoms. The summed E-state index contributed by atoms with van der Waals surface area (Å²) >= 11 is 0. The molecule has 0 radical (unpaired) electrons. The van der Waals surface area contributed by atoms with Crippen LogP contribution in [0.25, 0.3) is 0 Å². The molecule has 1 nitrogen and oxygen atoms in total. The van der Waals surface area contributed by atoms with Gasteiger partial charge in [-0.2, -0.15) is 0 Å². The van der Waals surface area contributed by atoms with Crippen LogP contribution < -0.4 is 5.32 Å². The molecule has 0 aromatic carbocycles. The first-order chi connectivity index (χ1) is 6.26. The standard InChI is InChI=1S/C12H19N/c1-13-11-4-8-2-9-3-10(6-11)12(9,5-8)7-11/h8-10,13H,2-7H2,1H3. The second-order valence-corrected chi connectivity index (χ2v) is 6.28. The fraction of sp³-hybridized carbons (Fsp3) is 1.00. The van der Waals surface area contributed by atoms with Crippen molar-refractivity contribution in [2.45, 2.75) is 44.1 Å². The minimum Gasteiger partial charge on any atom is -0.314 e. The Morgan fingerprint density at radius 2 is 2.00 bits per heavy atom. The Morgan fingerprint density at radius 1 is 1.08 bits per heavy atom. The second kappa shape index (κ2) is 1.84. The van der Waals surface area contributed by atoms with Crippen molar-refractivity contribution in [3.63, 3.8) is 0 Å². The van der Waals surface area contributed by atoms with E-state index in [0.29, 0.717) is 5.54 Å². The third kappa shape index (κ3) is 0.614. The molecule has 5 unspecified atom stereocenters. The van der Waals surface area contributed by atoms with Crippen LogP contribution >= 0.6 is 0 Å². The van der Waals surface area contributed by atoms with E-state index in [1.165, 1.54) is 19.3 Å². The van der Waals surface area contributed by atoms with Gasteiger partial charge < -0.3 is 5.32 Å². The average molecular weight is 177 g/mol. The highest BCUT2D eigenvalue weighted by Crippen LogP contribution is 2.76. The van der Waals surface area contributed by atoms with Crippen LogP contribution in [0.4, 0.5) is 0 Å². The summed E-state index contributed by atoms with van der Waals surface area (Å²) in [6, 6.07) is 0. The van der Waals surface area contributed by atoms with Crippen LogP contribution in [0.5, 0.6) is 0 Å². The number of hydrogen-bond donors (Lipinski definition) is 1. The fourth-order valence-corrected chi connectivity index (χ4v) is 5.65. The number of fused-ring (bicyclic) bond motifs is 2. The largest absolute Gasteiger partial charge is 0.314 e. The lowest BCUT2D eigenvalue weighted by atomic mass is 9.56. The molecule has 4 aliphatic carbocycles. The third-order valence-corrected chi connectivity index (χ3v) is 6.00. The molecular weight excluding hydrogens is 158 g/mol. The lowest BCUT2D eigenvalue weighted by Gasteiger charge is -2.49. The molecule has 13 heavy (non-hydrogen) atoms. The summed E-state index contributed by atoms with van der Waals surface area (Å²) in [5.41, 5.74) is 1.46. The Kier molecular flexibility index (Phi) is 1.03. The third-order valence-electron chi connectivity index (χ3n) is 6.00. The molecule has 0 aromatic rings. The van der Waals surface area contributed by atoms with Crippen molar-refractivity contribution in [3.8, 4) is 0 Å². The quantitative estimate of drug-likeness (QED) is 0.647. The summed E-state index contributed by atoms with van der Waals surface area (Å²) in [6.07, 6.45) is 9.31. The topological polar surface area (TPSA) is 12.0 Å². The van der Waals surface area contributed by atoms with E-state index in [1.54, 1.807) is 19.3 Å². The van der Waals surface area contributed by atoms with Gasteiger partial charge >= 0.3 is 0 Å². The van der Waals surface area contributed by atoms with Crippen LogP contribution in [0.3, 0.4) is 0 Å². The Morgan fingerprint density at radius 3 is 2.85 bits per heavy atom. The summed E-state index contributed by atoms with van der Waals surface area (Å²) in [7, 11) is 2.20. The Labute approximate surface area is 80.3 Å². The molecule has 4 saturated carbocycles. The number of rotatable bonds is 1. The monoisotopic (exact) mass is 177 g/mol. The van der Waals surface area contributed by atoms with Gasteiger partial charge in [-0.05, 0) is 68.7 Å². The maximum absolute atomic E-state index is 3.66. The molecule has 3 bridgehead atoms. The van der Waals surface area contributed by atoms with Gasteiger partial charge in [0.2, 0.25) is 0 Å².